The van der Waals surface area contributed by atoms with Crippen LogP contribution in [0.25, 0.3) is 0 Å². The van der Waals surface area contributed by atoms with Gasteiger partial charge in [0.2, 0.25) is 5.91 Å². The maximum Gasteiger partial charge on any atom is 0.262 e. The molecule has 7 heteroatoms. The molecule has 0 spiro atoms. The van der Waals surface area contributed by atoms with Crippen molar-refractivity contribution in [3.63, 3.8) is 0 Å². The summed E-state index contributed by atoms with van der Waals surface area (Å²) in [5, 5.41) is 0. The van der Waals surface area contributed by atoms with E-state index in [1.807, 2.05) is 6.92 Å². The SMILES string of the molecule is CCC(=O)N1CCN(C(=O)c2ccc3c(c2)C(=O)N(C(C)(C)C)C3=O)CC1. The Kier molecular flexibility index (Phi) is 4.80. The van der Waals surface area contributed by atoms with E-state index in [9.17, 15) is 19.2 Å². The lowest BCUT2D eigenvalue weighted by atomic mass is 10.0. The number of nitrogens with zero attached hydrogens (tertiary/aromatic N) is 3. The zero-order valence-electron chi connectivity index (χ0n) is 16.2. The van der Waals surface area contributed by atoms with Gasteiger partial charge in [-0.1, -0.05) is 6.92 Å². The molecule has 3 rings (SSSR count). The molecule has 0 bridgehead atoms. The largest absolute Gasteiger partial charge is 0.339 e. The number of hydrogen-bond donors (Lipinski definition) is 0. The number of carbonyl (C=O) groups excluding carboxylic acids is 4. The average Bonchev–Trinajstić information content (AvgIpc) is 2.90. The molecule has 0 aromatic heterocycles. The average molecular weight is 371 g/mol. The molecule has 7 nitrogen and oxygen atoms in total. The fourth-order valence-electron chi connectivity index (χ4n) is 3.55. The van der Waals surface area contributed by atoms with Gasteiger partial charge in [0.15, 0.2) is 0 Å². The quantitative estimate of drug-likeness (QED) is 0.743. The number of piperazine rings is 1. The minimum absolute atomic E-state index is 0.0889. The fourth-order valence-corrected chi connectivity index (χ4v) is 3.55. The Hall–Kier alpha value is -2.70. The van der Waals surface area contributed by atoms with Crippen LogP contribution in [0, 0.1) is 0 Å². The summed E-state index contributed by atoms with van der Waals surface area (Å²) in [7, 11) is 0. The van der Waals surface area contributed by atoms with Gasteiger partial charge in [0, 0.05) is 43.7 Å². The van der Waals surface area contributed by atoms with Crippen molar-refractivity contribution in [2.24, 2.45) is 0 Å². The standard InChI is InChI=1S/C20H25N3O4/c1-5-16(24)21-8-10-22(11-9-21)17(25)13-6-7-14-15(12-13)19(27)23(18(14)26)20(2,3)4/h6-7,12H,5,8-11H2,1-4H3. The molecule has 0 unspecified atom stereocenters. The fraction of sp³-hybridized carbons (Fsp3) is 0.500. The number of amides is 4. The van der Waals surface area contributed by atoms with Gasteiger partial charge in [0.1, 0.15) is 0 Å². The summed E-state index contributed by atoms with van der Waals surface area (Å²) in [4.78, 5) is 54.5. The van der Waals surface area contributed by atoms with Crippen molar-refractivity contribution < 1.29 is 19.2 Å². The molecule has 1 saturated heterocycles. The highest BCUT2D eigenvalue weighted by Crippen LogP contribution is 2.30. The van der Waals surface area contributed by atoms with E-state index in [1.165, 1.54) is 11.0 Å². The molecule has 0 radical (unpaired) electrons. The normalized spacial score (nSPS) is 17.4. The first-order chi connectivity index (χ1) is 12.6. The monoisotopic (exact) mass is 371 g/mol. The van der Waals surface area contributed by atoms with Gasteiger partial charge in [0.05, 0.1) is 11.1 Å². The maximum atomic E-state index is 12.8. The zero-order valence-corrected chi connectivity index (χ0v) is 16.2. The molecule has 1 fully saturated rings. The summed E-state index contributed by atoms with van der Waals surface area (Å²) in [6.45, 7) is 9.18. The van der Waals surface area contributed by atoms with Gasteiger partial charge in [-0.25, -0.2) is 0 Å². The van der Waals surface area contributed by atoms with Crippen molar-refractivity contribution in [3.05, 3.63) is 34.9 Å². The third-order valence-corrected chi connectivity index (χ3v) is 5.03. The van der Waals surface area contributed by atoms with Crippen LogP contribution in [0.2, 0.25) is 0 Å². The molecule has 2 heterocycles. The minimum atomic E-state index is -0.625. The first-order valence-electron chi connectivity index (χ1n) is 9.25. The summed E-state index contributed by atoms with van der Waals surface area (Å²) in [6.07, 6.45) is 0.458. The lowest BCUT2D eigenvalue weighted by Gasteiger charge is -2.34. The van der Waals surface area contributed by atoms with Crippen LogP contribution in [0.5, 0.6) is 0 Å². The Morgan fingerprint density at radius 3 is 2.04 bits per heavy atom. The molecule has 0 aliphatic carbocycles. The van der Waals surface area contributed by atoms with Gasteiger partial charge >= 0.3 is 0 Å². The summed E-state index contributed by atoms with van der Waals surface area (Å²) in [5.41, 5.74) is 0.380. The molecule has 144 valence electrons. The van der Waals surface area contributed by atoms with Gasteiger partial charge in [0.25, 0.3) is 17.7 Å². The second kappa shape index (κ2) is 6.79. The number of imide groups is 1. The molecule has 2 aliphatic rings. The van der Waals surface area contributed by atoms with Crippen LogP contribution in [0.15, 0.2) is 18.2 Å². The number of rotatable bonds is 2. The van der Waals surface area contributed by atoms with Crippen molar-refractivity contribution in [3.8, 4) is 0 Å². The van der Waals surface area contributed by atoms with E-state index in [2.05, 4.69) is 0 Å². The Balaban J connectivity index is 1.78. The molecular formula is C20H25N3O4. The lowest BCUT2D eigenvalue weighted by Crippen LogP contribution is -2.50. The molecule has 27 heavy (non-hydrogen) atoms. The number of carbonyl (C=O) groups is 4. The molecule has 2 aliphatic heterocycles. The van der Waals surface area contributed by atoms with Crippen LogP contribution in [-0.4, -0.2) is 70.0 Å². The van der Waals surface area contributed by atoms with Gasteiger partial charge in [-0.15, -0.1) is 0 Å². The summed E-state index contributed by atoms with van der Waals surface area (Å²) in [6, 6.07) is 4.68. The molecule has 1 aromatic carbocycles. The van der Waals surface area contributed by atoms with Crippen molar-refractivity contribution in [1.29, 1.82) is 0 Å². The second-order valence-corrected chi connectivity index (χ2v) is 7.90. The van der Waals surface area contributed by atoms with Gasteiger partial charge in [-0.05, 0) is 39.0 Å². The van der Waals surface area contributed by atoms with Gasteiger partial charge < -0.3 is 9.80 Å². The topological polar surface area (TPSA) is 78.0 Å². The molecule has 0 atom stereocenters. The van der Waals surface area contributed by atoms with Crippen LogP contribution in [0.3, 0.4) is 0 Å². The molecule has 1 aromatic rings. The molecular weight excluding hydrogens is 346 g/mol. The maximum absolute atomic E-state index is 12.8. The van der Waals surface area contributed by atoms with Gasteiger partial charge in [-0.3, -0.25) is 24.1 Å². The van der Waals surface area contributed by atoms with Crippen LogP contribution < -0.4 is 0 Å². The lowest BCUT2D eigenvalue weighted by molar-refractivity contribution is -0.132. The first kappa shape index (κ1) is 19.1. The highest BCUT2D eigenvalue weighted by molar-refractivity contribution is 6.22. The van der Waals surface area contributed by atoms with E-state index in [-0.39, 0.29) is 29.2 Å². The Morgan fingerprint density at radius 2 is 1.48 bits per heavy atom. The molecule has 0 saturated carbocycles. The third kappa shape index (κ3) is 3.34. The number of hydrogen-bond acceptors (Lipinski definition) is 4. The number of benzene rings is 1. The zero-order chi connectivity index (χ0) is 19.9. The van der Waals surface area contributed by atoms with Crippen molar-refractivity contribution >= 4 is 23.6 Å². The highest BCUT2D eigenvalue weighted by Gasteiger charge is 2.42. The summed E-state index contributed by atoms with van der Waals surface area (Å²) < 4.78 is 0. The van der Waals surface area contributed by atoms with Crippen LogP contribution in [0.1, 0.15) is 65.2 Å². The summed E-state index contributed by atoms with van der Waals surface area (Å²) >= 11 is 0. The van der Waals surface area contributed by atoms with E-state index in [4.69, 9.17) is 0 Å². The predicted molar refractivity (Wildman–Crippen MR) is 99.5 cm³/mol. The molecule has 4 amide bonds. The Morgan fingerprint density at radius 1 is 0.926 bits per heavy atom. The number of fused-ring (bicyclic) bond motifs is 1. The first-order valence-corrected chi connectivity index (χ1v) is 9.25. The Bertz CT molecular complexity index is 817. The van der Waals surface area contributed by atoms with E-state index < -0.39 is 5.54 Å². The van der Waals surface area contributed by atoms with E-state index in [0.717, 1.165) is 0 Å². The van der Waals surface area contributed by atoms with E-state index in [0.29, 0.717) is 43.7 Å². The third-order valence-electron chi connectivity index (χ3n) is 5.03. The van der Waals surface area contributed by atoms with Crippen LogP contribution in [-0.2, 0) is 4.79 Å². The highest BCUT2D eigenvalue weighted by atomic mass is 16.2. The minimum Gasteiger partial charge on any atom is -0.339 e. The van der Waals surface area contributed by atoms with Crippen LogP contribution >= 0.6 is 0 Å². The Labute approximate surface area is 158 Å². The van der Waals surface area contributed by atoms with Gasteiger partial charge in [-0.2, -0.15) is 0 Å². The van der Waals surface area contributed by atoms with Crippen molar-refractivity contribution in [2.45, 2.75) is 39.7 Å². The smallest absolute Gasteiger partial charge is 0.262 e. The second-order valence-electron chi connectivity index (χ2n) is 7.90. The van der Waals surface area contributed by atoms with Crippen molar-refractivity contribution in [1.82, 2.24) is 14.7 Å². The predicted octanol–water partition coefficient (Wildman–Crippen LogP) is 1.78. The van der Waals surface area contributed by atoms with E-state index in [1.54, 1.807) is 42.7 Å². The molecule has 0 N–H and O–H groups in total. The van der Waals surface area contributed by atoms with Crippen molar-refractivity contribution in [2.75, 3.05) is 26.2 Å². The van der Waals surface area contributed by atoms with E-state index >= 15 is 0 Å². The van der Waals surface area contributed by atoms with Crippen LogP contribution in [0.4, 0.5) is 0 Å². The summed E-state index contributed by atoms with van der Waals surface area (Å²) in [5.74, 6) is -0.787.